The van der Waals surface area contributed by atoms with Gasteiger partial charge in [-0.05, 0) is 43.2 Å². The second kappa shape index (κ2) is 9.23. The normalized spacial score (nSPS) is 10.9. The minimum atomic E-state index is -0.617. The van der Waals surface area contributed by atoms with Crippen molar-refractivity contribution in [3.63, 3.8) is 0 Å². The first kappa shape index (κ1) is 22.2. The quantitative estimate of drug-likeness (QED) is 0.418. The lowest BCUT2D eigenvalue weighted by molar-refractivity contribution is 0.287. The van der Waals surface area contributed by atoms with Gasteiger partial charge in [0.2, 0.25) is 5.88 Å². The van der Waals surface area contributed by atoms with Gasteiger partial charge in [0.05, 0.1) is 12.7 Å². The zero-order valence-corrected chi connectivity index (χ0v) is 18.4. The number of hydrogen-bond donors (Lipinski definition) is 0. The van der Waals surface area contributed by atoms with Gasteiger partial charge in [0.15, 0.2) is 11.6 Å². The molecular formula is C24H22F2N4O3. The minimum Gasteiger partial charge on any atom is -0.472 e. The monoisotopic (exact) mass is 452 g/mol. The van der Waals surface area contributed by atoms with Crippen LogP contribution in [-0.2, 0) is 20.2 Å². The Kier molecular flexibility index (Phi) is 6.21. The van der Waals surface area contributed by atoms with E-state index in [1.165, 1.54) is 22.8 Å². The summed E-state index contributed by atoms with van der Waals surface area (Å²) in [5.74, 6) is -0.697. The SMILES string of the molecule is Cc1ccc(Oc2ccc(COc3nc(=O)n(Cc4cnn(C)c4)cc3C)cc2F)cc1F. The summed E-state index contributed by atoms with van der Waals surface area (Å²) in [4.78, 5) is 16.4. The number of halogens is 2. The van der Waals surface area contributed by atoms with Crippen molar-refractivity contribution in [2.75, 3.05) is 0 Å². The van der Waals surface area contributed by atoms with Crippen molar-refractivity contribution in [2.24, 2.45) is 7.05 Å². The lowest BCUT2D eigenvalue weighted by Crippen LogP contribution is -2.24. The van der Waals surface area contributed by atoms with Crippen LogP contribution in [0.1, 0.15) is 22.3 Å². The predicted octanol–water partition coefficient (Wildman–Crippen LogP) is 4.29. The highest BCUT2D eigenvalue weighted by atomic mass is 19.1. The van der Waals surface area contributed by atoms with Gasteiger partial charge in [-0.25, -0.2) is 13.6 Å². The van der Waals surface area contributed by atoms with E-state index in [-0.39, 0.29) is 24.0 Å². The molecule has 2 aromatic carbocycles. The number of benzene rings is 2. The molecule has 4 aromatic rings. The Hall–Kier alpha value is -4.01. The molecule has 0 aliphatic rings. The summed E-state index contributed by atoms with van der Waals surface area (Å²) in [6.07, 6.45) is 5.17. The lowest BCUT2D eigenvalue weighted by atomic mass is 10.2. The molecule has 0 N–H and O–H groups in total. The summed E-state index contributed by atoms with van der Waals surface area (Å²) in [6.45, 7) is 3.77. The zero-order valence-electron chi connectivity index (χ0n) is 18.4. The fraction of sp³-hybridized carbons (Fsp3) is 0.208. The zero-order chi connectivity index (χ0) is 23.5. The van der Waals surface area contributed by atoms with Crippen LogP contribution in [0.4, 0.5) is 8.78 Å². The lowest BCUT2D eigenvalue weighted by Gasteiger charge is -2.12. The van der Waals surface area contributed by atoms with E-state index in [9.17, 15) is 13.6 Å². The fourth-order valence-electron chi connectivity index (χ4n) is 3.23. The van der Waals surface area contributed by atoms with E-state index in [0.29, 0.717) is 23.2 Å². The maximum absolute atomic E-state index is 14.5. The third-order valence-corrected chi connectivity index (χ3v) is 4.98. The van der Waals surface area contributed by atoms with Crippen molar-refractivity contribution in [1.82, 2.24) is 19.3 Å². The fourth-order valence-corrected chi connectivity index (χ4v) is 3.23. The van der Waals surface area contributed by atoms with Gasteiger partial charge in [0, 0.05) is 36.6 Å². The first-order valence-corrected chi connectivity index (χ1v) is 10.2. The second-order valence-electron chi connectivity index (χ2n) is 7.73. The van der Waals surface area contributed by atoms with Gasteiger partial charge >= 0.3 is 5.69 Å². The molecule has 0 aliphatic carbocycles. The molecule has 0 saturated heterocycles. The Labute approximate surface area is 188 Å². The molecule has 0 bridgehead atoms. The van der Waals surface area contributed by atoms with Gasteiger partial charge in [0.1, 0.15) is 18.2 Å². The van der Waals surface area contributed by atoms with E-state index in [1.54, 1.807) is 56.2 Å². The Balaban J connectivity index is 1.43. The van der Waals surface area contributed by atoms with E-state index in [4.69, 9.17) is 9.47 Å². The van der Waals surface area contributed by atoms with Crippen molar-refractivity contribution in [1.29, 1.82) is 0 Å². The molecular weight excluding hydrogens is 430 g/mol. The molecule has 33 heavy (non-hydrogen) atoms. The average molecular weight is 452 g/mol. The van der Waals surface area contributed by atoms with Crippen molar-refractivity contribution < 1.29 is 18.3 Å². The van der Waals surface area contributed by atoms with Gasteiger partial charge in [-0.15, -0.1) is 0 Å². The highest BCUT2D eigenvalue weighted by Crippen LogP contribution is 2.27. The molecule has 0 atom stereocenters. The Morgan fingerprint density at radius 3 is 2.48 bits per heavy atom. The average Bonchev–Trinajstić information content (AvgIpc) is 3.18. The van der Waals surface area contributed by atoms with Crippen LogP contribution in [0.25, 0.3) is 0 Å². The molecule has 0 fully saturated rings. The third-order valence-electron chi connectivity index (χ3n) is 4.98. The molecule has 2 aromatic heterocycles. The number of hydrogen-bond acceptors (Lipinski definition) is 5. The number of nitrogens with zero attached hydrogens (tertiary/aromatic N) is 4. The van der Waals surface area contributed by atoms with Gasteiger partial charge in [-0.2, -0.15) is 10.1 Å². The van der Waals surface area contributed by atoms with Crippen molar-refractivity contribution >= 4 is 0 Å². The van der Waals surface area contributed by atoms with Gasteiger partial charge < -0.3 is 9.47 Å². The summed E-state index contributed by atoms with van der Waals surface area (Å²) in [5.41, 5.74) is 2.08. The van der Waals surface area contributed by atoms with Gasteiger partial charge in [0.25, 0.3) is 0 Å². The number of rotatable bonds is 7. The maximum Gasteiger partial charge on any atom is 0.351 e. The largest absolute Gasteiger partial charge is 0.472 e. The van der Waals surface area contributed by atoms with Gasteiger partial charge in [-0.1, -0.05) is 12.1 Å². The molecule has 0 spiro atoms. The van der Waals surface area contributed by atoms with Gasteiger partial charge in [-0.3, -0.25) is 9.25 Å². The smallest absolute Gasteiger partial charge is 0.351 e. The van der Waals surface area contributed by atoms with Crippen LogP contribution in [0.2, 0.25) is 0 Å². The standard InChI is InChI=1S/C24H22F2N4O3/c1-15-4-6-19(9-20(15)25)33-22-7-5-17(8-21(22)26)14-32-23-16(2)11-30(24(31)28-23)13-18-10-27-29(3)12-18/h4-12H,13-14H2,1-3H3. The Morgan fingerprint density at radius 1 is 0.970 bits per heavy atom. The first-order valence-electron chi connectivity index (χ1n) is 10.2. The molecule has 0 amide bonds. The summed E-state index contributed by atoms with van der Waals surface area (Å²) in [5, 5.41) is 4.09. The van der Waals surface area contributed by atoms with Crippen LogP contribution in [0.5, 0.6) is 17.4 Å². The summed E-state index contributed by atoms with van der Waals surface area (Å²) in [6, 6.07) is 8.67. The molecule has 2 heterocycles. The van der Waals surface area contributed by atoms with E-state index in [0.717, 1.165) is 5.56 Å². The molecule has 0 aliphatic heterocycles. The van der Waals surface area contributed by atoms with Crippen LogP contribution >= 0.6 is 0 Å². The number of aryl methyl sites for hydroxylation is 3. The number of aromatic nitrogens is 4. The predicted molar refractivity (Wildman–Crippen MR) is 117 cm³/mol. The molecule has 9 heteroatoms. The summed E-state index contributed by atoms with van der Waals surface area (Å²) < 4.78 is 42.4. The van der Waals surface area contributed by atoms with Crippen LogP contribution < -0.4 is 15.2 Å². The molecule has 170 valence electrons. The van der Waals surface area contributed by atoms with Crippen molar-refractivity contribution in [3.05, 3.63) is 99.4 Å². The summed E-state index contributed by atoms with van der Waals surface area (Å²) in [7, 11) is 1.80. The summed E-state index contributed by atoms with van der Waals surface area (Å²) >= 11 is 0. The van der Waals surface area contributed by atoms with E-state index < -0.39 is 17.3 Å². The number of ether oxygens (including phenoxy) is 2. The molecule has 7 nitrogen and oxygen atoms in total. The molecule has 0 radical (unpaired) electrons. The maximum atomic E-state index is 14.5. The van der Waals surface area contributed by atoms with Crippen LogP contribution in [0, 0.1) is 25.5 Å². The van der Waals surface area contributed by atoms with Crippen LogP contribution in [-0.4, -0.2) is 19.3 Å². The van der Waals surface area contributed by atoms with Crippen LogP contribution in [0.15, 0.2) is 59.8 Å². The highest BCUT2D eigenvalue weighted by Gasteiger charge is 2.11. The van der Waals surface area contributed by atoms with E-state index in [2.05, 4.69) is 10.1 Å². The van der Waals surface area contributed by atoms with E-state index >= 15 is 0 Å². The third kappa shape index (κ3) is 5.25. The first-order chi connectivity index (χ1) is 15.8. The molecule has 0 saturated carbocycles. The Morgan fingerprint density at radius 2 is 1.79 bits per heavy atom. The van der Waals surface area contributed by atoms with Crippen molar-refractivity contribution in [2.45, 2.75) is 27.0 Å². The van der Waals surface area contributed by atoms with E-state index in [1.807, 2.05) is 6.20 Å². The van der Waals surface area contributed by atoms with Crippen LogP contribution in [0.3, 0.4) is 0 Å². The molecule has 4 rings (SSSR count). The van der Waals surface area contributed by atoms with Crippen molar-refractivity contribution in [3.8, 4) is 17.4 Å². The highest BCUT2D eigenvalue weighted by molar-refractivity contribution is 5.36. The Bertz CT molecular complexity index is 1360. The second-order valence-corrected chi connectivity index (χ2v) is 7.73. The topological polar surface area (TPSA) is 71.2 Å². The molecule has 0 unspecified atom stereocenters. The minimum absolute atomic E-state index is 0.0102.